The summed E-state index contributed by atoms with van der Waals surface area (Å²) in [7, 11) is 1.87. The number of nitrogens with zero attached hydrogens (tertiary/aromatic N) is 5. The molecule has 1 N–H and O–H groups in total. The molecule has 8 heteroatoms. The highest BCUT2D eigenvalue weighted by Crippen LogP contribution is 2.19. The van der Waals surface area contributed by atoms with Crippen LogP contribution < -0.4 is 5.32 Å². The van der Waals surface area contributed by atoms with E-state index in [1.807, 2.05) is 18.7 Å². The molecule has 4 rings (SSSR count). The largest absolute Gasteiger partial charge is 0.379 e. The Kier molecular flexibility index (Phi) is 8.13. The molecule has 0 spiro atoms. The molecule has 0 radical (unpaired) electrons. The number of hydrogen-bond donors (Lipinski definition) is 1. The van der Waals surface area contributed by atoms with Crippen molar-refractivity contribution < 1.29 is 4.74 Å². The van der Waals surface area contributed by atoms with Crippen molar-refractivity contribution in [3.05, 3.63) is 47.3 Å². The van der Waals surface area contributed by atoms with Gasteiger partial charge in [0.25, 0.3) is 0 Å². The van der Waals surface area contributed by atoms with Gasteiger partial charge in [-0.15, -0.1) is 24.0 Å². The first-order valence-corrected chi connectivity index (χ1v) is 10.5. The summed E-state index contributed by atoms with van der Waals surface area (Å²) in [5.74, 6) is 0.976. The first-order chi connectivity index (χ1) is 14.2. The molecule has 2 fully saturated rings. The van der Waals surface area contributed by atoms with E-state index in [2.05, 4.69) is 62.5 Å². The molecule has 1 unspecified atom stereocenters. The van der Waals surface area contributed by atoms with E-state index in [9.17, 15) is 0 Å². The van der Waals surface area contributed by atoms with Gasteiger partial charge in [0, 0.05) is 51.5 Å². The normalized spacial score (nSPS) is 20.3. The predicted molar refractivity (Wildman–Crippen MR) is 131 cm³/mol. The summed E-state index contributed by atoms with van der Waals surface area (Å²) in [5, 5.41) is 8.24. The van der Waals surface area contributed by atoms with E-state index in [0.29, 0.717) is 6.04 Å². The summed E-state index contributed by atoms with van der Waals surface area (Å²) >= 11 is 0. The maximum atomic E-state index is 5.50. The predicted octanol–water partition coefficient (Wildman–Crippen LogP) is 2.59. The number of halogens is 1. The fourth-order valence-electron chi connectivity index (χ4n) is 4.42. The third kappa shape index (κ3) is 5.15. The van der Waals surface area contributed by atoms with Crippen molar-refractivity contribution in [2.45, 2.75) is 32.9 Å². The number of morpholine rings is 1. The van der Waals surface area contributed by atoms with Crippen LogP contribution in [0.15, 0.2) is 35.3 Å². The Bertz CT molecular complexity index is 861. The number of nitrogens with one attached hydrogen (secondary N) is 1. The summed E-state index contributed by atoms with van der Waals surface area (Å²) in [5.41, 5.74) is 4.51. The minimum absolute atomic E-state index is 0. The van der Waals surface area contributed by atoms with Crippen molar-refractivity contribution in [3.63, 3.8) is 0 Å². The quantitative estimate of drug-likeness (QED) is 0.379. The number of aliphatic imine (C=N–C) groups is 1. The Balaban J connectivity index is 0.00000256. The summed E-state index contributed by atoms with van der Waals surface area (Å²) in [6, 6.07) is 11.1. The number of para-hydroxylation sites is 1. The van der Waals surface area contributed by atoms with Gasteiger partial charge in [0.1, 0.15) is 0 Å². The lowest BCUT2D eigenvalue weighted by Crippen LogP contribution is -2.46. The van der Waals surface area contributed by atoms with Gasteiger partial charge in [-0.2, -0.15) is 5.10 Å². The van der Waals surface area contributed by atoms with Gasteiger partial charge in [-0.25, -0.2) is 4.68 Å². The number of guanidine groups is 1. The van der Waals surface area contributed by atoms with Crippen LogP contribution in [-0.2, 0) is 11.3 Å². The molecule has 2 aliphatic heterocycles. The minimum atomic E-state index is 0. The standard InChI is InChI=1S/C22H32N6O.HI/c1-17-14-18(2)28(25-17)21-7-5-4-6-19(21)15-24-22(23-3)27-9-8-20(16-27)26-10-12-29-13-11-26;/h4-7,14,20H,8-13,15-16H2,1-3H3,(H,23,24);1H. The van der Waals surface area contributed by atoms with E-state index >= 15 is 0 Å². The molecule has 3 heterocycles. The second kappa shape index (κ2) is 10.6. The van der Waals surface area contributed by atoms with Crippen LogP contribution in [0, 0.1) is 13.8 Å². The number of aromatic nitrogens is 2. The number of likely N-dealkylation sites (tertiary alicyclic amines) is 1. The highest BCUT2D eigenvalue weighted by atomic mass is 127. The zero-order valence-electron chi connectivity index (χ0n) is 18.2. The lowest BCUT2D eigenvalue weighted by Gasteiger charge is -2.32. The molecule has 1 atom stereocenters. The Hall–Kier alpha value is -1.65. The zero-order chi connectivity index (χ0) is 20.2. The second-order valence-electron chi connectivity index (χ2n) is 7.91. The first-order valence-electron chi connectivity index (χ1n) is 10.5. The molecule has 30 heavy (non-hydrogen) atoms. The monoisotopic (exact) mass is 524 g/mol. The van der Waals surface area contributed by atoms with E-state index in [4.69, 9.17) is 4.74 Å². The van der Waals surface area contributed by atoms with E-state index in [0.717, 1.165) is 69.0 Å². The Morgan fingerprint density at radius 3 is 2.67 bits per heavy atom. The smallest absolute Gasteiger partial charge is 0.193 e. The number of rotatable bonds is 4. The van der Waals surface area contributed by atoms with Crippen LogP contribution in [0.2, 0.25) is 0 Å². The summed E-state index contributed by atoms with van der Waals surface area (Å²) in [6.07, 6.45) is 1.18. The maximum absolute atomic E-state index is 5.50. The molecular formula is C22H33IN6O. The minimum Gasteiger partial charge on any atom is -0.379 e. The molecule has 164 valence electrons. The van der Waals surface area contributed by atoms with Crippen LogP contribution in [-0.4, -0.2) is 78.0 Å². The molecule has 0 amide bonds. The lowest BCUT2D eigenvalue weighted by molar-refractivity contribution is 0.0195. The average molecular weight is 524 g/mol. The van der Waals surface area contributed by atoms with Crippen molar-refractivity contribution >= 4 is 29.9 Å². The van der Waals surface area contributed by atoms with Gasteiger partial charge >= 0.3 is 0 Å². The van der Waals surface area contributed by atoms with Gasteiger partial charge in [-0.3, -0.25) is 9.89 Å². The number of hydrogen-bond acceptors (Lipinski definition) is 4. The Morgan fingerprint density at radius 2 is 1.97 bits per heavy atom. The molecule has 2 aromatic rings. The van der Waals surface area contributed by atoms with Crippen molar-refractivity contribution in [3.8, 4) is 5.69 Å². The topological polar surface area (TPSA) is 57.9 Å². The van der Waals surface area contributed by atoms with Crippen LogP contribution >= 0.6 is 24.0 Å². The molecule has 2 aliphatic rings. The Labute approximate surface area is 196 Å². The van der Waals surface area contributed by atoms with Gasteiger partial charge in [0.15, 0.2) is 5.96 Å². The fraction of sp³-hybridized carbons (Fsp3) is 0.545. The highest BCUT2D eigenvalue weighted by Gasteiger charge is 2.30. The second-order valence-corrected chi connectivity index (χ2v) is 7.91. The molecular weight excluding hydrogens is 491 g/mol. The van der Waals surface area contributed by atoms with E-state index in [-0.39, 0.29) is 24.0 Å². The van der Waals surface area contributed by atoms with Crippen LogP contribution in [0.3, 0.4) is 0 Å². The van der Waals surface area contributed by atoms with Gasteiger partial charge < -0.3 is 15.0 Å². The first kappa shape index (κ1) is 23.0. The molecule has 0 aliphatic carbocycles. The molecule has 2 saturated heterocycles. The van der Waals surface area contributed by atoms with Gasteiger partial charge in [-0.1, -0.05) is 18.2 Å². The van der Waals surface area contributed by atoms with E-state index in [1.54, 1.807) is 0 Å². The SMILES string of the molecule is CN=C(NCc1ccccc1-n1nc(C)cc1C)N1CCC(N2CCOCC2)C1.I. The van der Waals surface area contributed by atoms with Gasteiger partial charge in [0.2, 0.25) is 0 Å². The molecule has 1 aromatic heterocycles. The van der Waals surface area contributed by atoms with E-state index in [1.165, 1.54) is 12.0 Å². The van der Waals surface area contributed by atoms with Crippen molar-refractivity contribution in [2.24, 2.45) is 4.99 Å². The van der Waals surface area contributed by atoms with Crippen molar-refractivity contribution in [1.82, 2.24) is 24.9 Å². The zero-order valence-corrected chi connectivity index (χ0v) is 20.5. The van der Waals surface area contributed by atoms with Crippen molar-refractivity contribution in [2.75, 3.05) is 46.4 Å². The van der Waals surface area contributed by atoms with Crippen LogP contribution in [0.1, 0.15) is 23.4 Å². The summed E-state index contributed by atoms with van der Waals surface area (Å²) in [4.78, 5) is 9.50. The van der Waals surface area contributed by atoms with Crippen LogP contribution in [0.25, 0.3) is 5.69 Å². The maximum Gasteiger partial charge on any atom is 0.193 e. The highest BCUT2D eigenvalue weighted by molar-refractivity contribution is 14.0. The van der Waals surface area contributed by atoms with Crippen molar-refractivity contribution in [1.29, 1.82) is 0 Å². The molecule has 0 bridgehead atoms. The van der Waals surface area contributed by atoms with Crippen LogP contribution in [0.4, 0.5) is 0 Å². The lowest BCUT2D eigenvalue weighted by atomic mass is 10.1. The summed E-state index contributed by atoms with van der Waals surface area (Å²) in [6.45, 7) is 10.7. The average Bonchev–Trinajstić information content (AvgIpc) is 3.36. The van der Waals surface area contributed by atoms with Gasteiger partial charge in [-0.05, 0) is 38.0 Å². The third-order valence-electron chi connectivity index (χ3n) is 5.90. The number of ether oxygens (including phenoxy) is 1. The molecule has 0 saturated carbocycles. The third-order valence-corrected chi connectivity index (χ3v) is 5.90. The van der Waals surface area contributed by atoms with Crippen LogP contribution in [0.5, 0.6) is 0 Å². The van der Waals surface area contributed by atoms with E-state index < -0.39 is 0 Å². The fourth-order valence-corrected chi connectivity index (χ4v) is 4.42. The molecule has 1 aromatic carbocycles. The van der Waals surface area contributed by atoms with Gasteiger partial charge in [0.05, 0.1) is 24.6 Å². The Morgan fingerprint density at radius 1 is 1.20 bits per heavy atom. The number of aryl methyl sites for hydroxylation is 2. The number of benzene rings is 1. The summed E-state index contributed by atoms with van der Waals surface area (Å²) < 4.78 is 7.53. The molecule has 7 nitrogen and oxygen atoms in total.